The SMILES string of the molecule is CNC(Cc1ccc(OC)c(OC)c1)c1c(Br)nnn1C. The van der Waals surface area contributed by atoms with E-state index in [2.05, 4.69) is 31.6 Å². The number of rotatable bonds is 6. The number of nitrogens with one attached hydrogen (secondary N) is 1. The van der Waals surface area contributed by atoms with Gasteiger partial charge in [0.2, 0.25) is 0 Å². The van der Waals surface area contributed by atoms with E-state index in [-0.39, 0.29) is 6.04 Å². The summed E-state index contributed by atoms with van der Waals surface area (Å²) in [6.45, 7) is 0. The van der Waals surface area contributed by atoms with Crippen LogP contribution >= 0.6 is 15.9 Å². The van der Waals surface area contributed by atoms with Crippen LogP contribution in [0.2, 0.25) is 0 Å². The van der Waals surface area contributed by atoms with Crippen LogP contribution in [0.15, 0.2) is 22.8 Å². The number of likely N-dealkylation sites (N-methyl/N-ethyl adjacent to an activating group) is 1. The fourth-order valence-corrected chi connectivity index (χ4v) is 2.89. The molecule has 0 amide bonds. The number of nitrogens with zero attached hydrogens (tertiary/aromatic N) is 3. The van der Waals surface area contributed by atoms with E-state index in [4.69, 9.17) is 9.47 Å². The van der Waals surface area contributed by atoms with Gasteiger partial charge in [-0.05, 0) is 47.1 Å². The molecular weight excluding hydrogens is 336 g/mol. The summed E-state index contributed by atoms with van der Waals surface area (Å²) in [5.41, 5.74) is 2.15. The Morgan fingerprint density at radius 2 is 2.00 bits per heavy atom. The van der Waals surface area contributed by atoms with Crippen LogP contribution < -0.4 is 14.8 Å². The van der Waals surface area contributed by atoms with Crippen molar-refractivity contribution < 1.29 is 9.47 Å². The van der Waals surface area contributed by atoms with Gasteiger partial charge in [-0.3, -0.25) is 0 Å². The molecule has 1 atom stereocenters. The maximum Gasteiger partial charge on any atom is 0.160 e. The highest BCUT2D eigenvalue weighted by Gasteiger charge is 2.19. The first-order valence-electron chi connectivity index (χ1n) is 6.54. The molecule has 0 saturated carbocycles. The third-order valence-electron chi connectivity index (χ3n) is 3.39. The Hall–Kier alpha value is -1.60. The summed E-state index contributed by atoms with van der Waals surface area (Å²) in [4.78, 5) is 0. The van der Waals surface area contributed by atoms with Gasteiger partial charge in [-0.15, -0.1) is 5.10 Å². The molecule has 0 aliphatic heterocycles. The van der Waals surface area contributed by atoms with Crippen molar-refractivity contribution in [3.05, 3.63) is 34.1 Å². The van der Waals surface area contributed by atoms with Gasteiger partial charge >= 0.3 is 0 Å². The quantitative estimate of drug-likeness (QED) is 0.860. The van der Waals surface area contributed by atoms with Gasteiger partial charge in [-0.1, -0.05) is 11.3 Å². The van der Waals surface area contributed by atoms with Gasteiger partial charge in [0.1, 0.15) is 0 Å². The van der Waals surface area contributed by atoms with Crippen LogP contribution in [-0.2, 0) is 13.5 Å². The Labute approximate surface area is 132 Å². The lowest BCUT2D eigenvalue weighted by Gasteiger charge is -2.17. The lowest BCUT2D eigenvalue weighted by atomic mass is 10.0. The third-order valence-corrected chi connectivity index (χ3v) is 3.96. The standard InChI is InChI=1S/C14H19BrN4O2/c1-16-10(13-14(15)17-18-19(13)2)7-9-5-6-11(20-3)12(8-9)21-4/h5-6,8,10,16H,7H2,1-4H3. The highest BCUT2D eigenvalue weighted by molar-refractivity contribution is 9.10. The molecule has 0 aliphatic rings. The molecule has 1 unspecified atom stereocenters. The zero-order valence-corrected chi connectivity index (χ0v) is 14.1. The van der Waals surface area contributed by atoms with Gasteiger partial charge in [-0.2, -0.15) is 0 Å². The molecule has 21 heavy (non-hydrogen) atoms. The van der Waals surface area contributed by atoms with E-state index in [0.29, 0.717) is 0 Å². The number of aromatic nitrogens is 3. The second-order valence-electron chi connectivity index (χ2n) is 4.62. The molecule has 0 radical (unpaired) electrons. The van der Waals surface area contributed by atoms with Crippen molar-refractivity contribution in [2.24, 2.45) is 7.05 Å². The van der Waals surface area contributed by atoms with E-state index in [1.165, 1.54) is 0 Å². The molecule has 0 aliphatic carbocycles. The smallest absolute Gasteiger partial charge is 0.160 e. The minimum absolute atomic E-state index is 0.0949. The number of halogens is 1. The molecule has 1 aromatic heterocycles. The number of aryl methyl sites for hydroxylation is 1. The van der Waals surface area contributed by atoms with Crippen molar-refractivity contribution >= 4 is 15.9 Å². The summed E-state index contributed by atoms with van der Waals surface area (Å²) in [5.74, 6) is 1.46. The van der Waals surface area contributed by atoms with Crippen molar-refractivity contribution in [1.82, 2.24) is 20.3 Å². The van der Waals surface area contributed by atoms with E-state index in [0.717, 1.165) is 33.8 Å². The minimum Gasteiger partial charge on any atom is -0.493 e. The fraction of sp³-hybridized carbons (Fsp3) is 0.429. The molecule has 1 heterocycles. The van der Waals surface area contributed by atoms with Crippen LogP contribution in [0.3, 0.4) is 0 Å². The van der Waals surface area contributed by atoms with Gasteiger partial charge < -0.3 is 14.8 Å². The van der Waals surface area contributed by atoms with Gasteiger partial charge in [0.15, 0.2) is 16.1 Å². The third kappa shape index (κ3) is 3.36. The predicted molar refractivity (Wildman–Crippen MR) is 83.8 cm³/mol. The average molecular weight is 355 g/mol. The van der Waals surface area contributed by atoms with Crippen LogP contribution in [-0.4, -0.2) is 36.3 Å². The predicted octanol–water partition coefficient (Wildman–Crippen LogP) is 2.10. The van der Waals surface area contributed by atoms with Crippen molar-refractivity contribution in [3.8, 4) is 11.5 Å². The molecule has 114 valence electrons. The molecule has 0 bridgehead atoms. The molecule has 2 aromatic rings. The Balaban J connectivity index is 2.27. The Kier molecular flexibility index (Phi) is 5.19. The Bertz CT molecular complexity index is 596. The minimum atomic E-state index is 0.0949. The molecule has 0 spiro atoms. The lowest BCUT2D eigenvalue weighted by Crippen LogP contribution is -2.22. The highest BCUT2D eigenvalue weighted by atomic mass is 79.9. The van der Waals surface area contributed by atoms with Crippen molar-refractivity contribution in [2.45, 2.75) is 12.5 Å². The second-order valence-corrected chi connectivity index (χ2v) is 5.37. The van der Waals surface area contributed by atoms with E-state index in [9.17, 15) is 0 Å². The number of benzene rings is 1. The first kappa shape index (κ1) is 15.8. The van der Waals surface area contributed by atoms with Crippen LogP contribution in [0.4, 0.5) is 0 Å². The normalized spacial score (nSPS) is 12.2. The van der Waals surface area contributed by atoms with Gasteiger partial charge in [0.25, 0.3) is 0 Å². The zero-order valence-electron chi connectivity index (χ0n) is 12.6. The Morgan fingerprint density at radius 3 is 2.52 bits per heavy atom. The summed E-state index contributed by atoms with van der Waals surface area (Å²) in [6, 6.07) is 6.03. The van der Waals surface area contributed by atoms with Crippen LogP contribution in [0.1, 0.15) is 17.3 Å². The van der Waals surface area contributed by atoms with Crippen molar-refractivity contribution in [3.63, 3.8) is 0 Å². The summed E-state index contributed by atoms with van der Waals surface area (Å²) in [5, 5.41) is 11.4. The van der Waals surface area contributed by atoms with E-state index in [1.54, 1.807) is 18.9 Å². The summed E-state index contributed by atoms with van der Waals surface area (Å²) in [6.07, 6.45) is 0.788. The fourth-order valence-electron chi connectivity index (χ4n) is 2.29. The molecule has 1 aromatic carbocycles. The van der Waals surface area contributed by atoms with Gasteiger partial charge in [0, 0.05) is 7.05 Å². The average Bonchev–Trinajstić information content (AvgIpc) is 2.83. The number of ether oxygens (including phenoxy) is 2. The lowest BCUT2D eigenvalue weighted by molar-refractivity contribution is 0.354. The van der Waals surface area contributed by atoms with Crippen molar-refractivity contribution in [1.29, 1.82) is 0 Å². The summed E-state index contributed by atoms with van der Waals surface area (Å²) in [7, 11) is 7.07. The highest BCUT2D eigenvalue weighted by Crippen LogP contribution is 2.30. The molecular formula is C14H19BrN4O2. The molecule has 1 N–H and O–H groups in total. The molecule has 0 saturated heterocycles. The van der Waals surface area contributed by atoms with Gasteiger partial charge in [-0.25, -0.2) is 4.68 Å². The summed E-state index contributed by atoms with van der Waals surface area (Å²) >= 11 is 3.44. The maximum absolute atomic E-state index is 5.35. The summed E-state index contributed by atoms with van der Waals surface area (Å²) < 4.78 is 13.1. The van der Waals surface area contributed by atoms with Crippen LogP contribution in [0.25, 0.3) is 0 Å². The number of methoxy groups -OCH3 is 2. The first-order chi connectivity index (χ1) is 10.1. The maximum atomic E-state index is 5.35. The van der Waals surface area contributed by atoms with Crippen molar-refractivity contribution in [2.75, 3.05) is 21.3 Å². The largest absolute Gasteiger partial charge is 0.493 e. The van der Waals surface area contributed by atoms with Crippen LogP contribution in [0, 0.1) is 0 Å². The number of hydrogen-bond donors (Lipinski definition) is 1. The van der Waals surface area contributed by atoms with E-state index < -0.39 is 0 Å². The van der Waals surface area contributed by atoms with E-state index in [1.807, 2.05) is 32.3 Å². The van der Waals surface area contributed by atoms with Crippen LogP contribution in [0.5, 0.6) is 11.5 Å². The molecule has 6 nitrogen and oxygen atoms in total. The van der Waals surface area contributed by atoms with E-state index >= 15 is 0 Å². The van der Waals surface area contributed by atoms with Gasteiger partial charge in [0.05, 0.1) is 26.0 Å². The molecule has 0 fully saturated rings. The zero-order chi connectivity index (χ0) is 15.4. The topological polar surface area (TPSA) is 61.2 Å². The molecule has 2 rings (SSSR count). The Morgan fingerprint density at radius 1 is 1.29 bits per heavy atom. The second kappa shape index (κ2) is 6.91. The monoisotopic (exact) mass is 354 g/mol. The first-order valence-corrected chi connectivity index (χ1v) is 7.33. The number of hydrogen-bond acceptors (Lipinski definition) is 5. The molecule has 7 heteroatoms.